The number of hydrogen-bond acceptors (Lipinski definition) is 3. The lowest BCUT2D eigenvalue weighted by molar-refractivity contribution is -0.118. The second-order valence-corrected chi connectivity index (χ2v) is 3.73. The second-order valence-electron chi connectivity index (χ2n) is 3.73. The number of aromatic amines is 1. The van der Waals surface area contributed by atoms with Gasteiger partial charge in [-0.1, -0.05) is 0 Å². The van der Waals surface area contributed by atoms with Crippen molar-refractivity contribution in [1.82, 2.24) is 10.2 Å². The summed E-state index contributed by atoms with van der Waals surface area (Å²) >= 11 is 0. The van der Waals surface area contributed by atoms with Gasteiger partial charge in [0.2, 0.25) is 0 Å². The molecule has 0 saturated carbocycles. The monoisotopic (exact) mass is 249 g/mol. The van der Waals surface area contributed by atoms with Gasteiger partial charge in [-0.2, -0.15) is 5.10 Å². The Morgan fingerprint density at radius 2 is 2.17 bits per heavy atom. The van der Waals surface area contributed by atoms with E-state index in [0.717, 1.165) is 5.69 Å². The fourth-order valence-corrected chi connectivity index (χ4v) is 1.34. The molecule has 18 heavy (non-hydrogen) atoms. The fraction of sp³-hybridized carbons (Fsp3) is 0.167. The number of carbonyl (C=O) groups is 1. The maximum atomic E-state index is 12.6. The van der Waals surface area contributed by atoms with Crippen molar-refractivity contribution in [2.45, 2.75) is 6.92 Å². The number of anilines is 1. The predicted molar refractivity (Wildman–Crippen MR) is 63.8 cm³/mol. The molecule has 1 amide bonds. The molecule has 2 aromatic rings. The number of benzene rings is 1. The molecule has 1 aromatic heterocycles. The molecule has 0 aliphatic heterocycles. The molecular weight excluding hydrogens is 237 g/mol. The van der Waals surface area contributed by atoms with Gasteiger partial charge in [0.05, 0.1) is 0 Å². The van der Waals surface area contributed by atoms with Crippen molar-refractivity contribution >= 4 is 11.7 Å². The summed E-state index contributed by atoms with van der Waals surface area (Å²) in [6.07, 6.45) is 0. The van der Waals surface area contributed by atoms with Crippen molar-refractivity contribution in [3.8, 4) is 5.75 Å². The lowest BCUT2D eigenvalue weighted by atomic mass is 10.3. The van der Waals surface area contributed by atoms with Crippen LogP contribution in [0.15, 0.2) is 30.3 Å². The largest absolute Gasteiger partial charge is 0.484 e. The van der Waals surface area contributed by atoms with Crippen LogP contribution in [0.2, 0.25) is 0 Å². The molecule has 0 saturated heterocycles. The molecule has 0 aliphatic rings. The van der Waals surface area contributed by atoms with E-state index in [1.165, 1.54) is 24.3 Å². The third-order valence-corrected chi connectivity index (χ3v) is 2.16. The molecule has 1 aromatic carbocycles. The normalized spacial score (nSPS) is 10.1. The van der Waals surface area contributed by atoms with Crippen molar-refractivity contribution < 1.29 is 13.9 Å². The van der Waals surface area contributed by atoms with E-state index >= 15 is 0 Å². The minimum absolute atomic E-state index is 0.155. The van der Waals surface area contributed by atoms with Crippen molar-refractivity contribution in [2.24, 2.45) is 0 Å². The maximum absolute atomic E-state index is 12.6. The third kappa shape index (κ3) is 3.31. The second kappa shape index (κ2) is 5.31. The maximum Gasteiger partial charge on any atom is 0.263 e. The van der Waals surface area contributed by atoms with Gasteiger partial charge < -0.3 is 10.1 Å². The van der Waals surface area contributed by atoms with Gasteiger partial charge in [0.15, 0.2) is 12.4 Å². The van der Waals surface area contributed by atoms with E-state index in [1.54, 1.807) is 6.07 Å². The van der Waals surface area contributed by atoms with Crippen LogP contribution in [-0.2, 0) is 4.79 Å². The molecule has 2 rings (SSSR count). The zero-order valence-corrected chi connectivity index (χ0v) is 9.74. The molecule has 0 atom stereocenters. The average Bonchev–Trinajstić information content (AvgIpc) is 2.74. The third-order valence-electron chi connectivity index (χ3n) is 2.16. The summed E-state index contributed by atoms with van der Waals surface area (Å²) in [4.78, 5) is 11.5. The van der Waals surface area contributed by atoms with Gasteiger partial charge in [0, 0.05) is 11.8 Å². The summed E-state index contributed by atoms with van der Waals surface area (Å²) in [5.41, 5.74) is 0.852. The molecule has 0 radical (unpaired) electrons. The Kier molecular flexibility index (Phi) is 3.57. The SMILES string of the molecule is Cc1cc(NC(=O)COc2ccc(F)cc2)n[nH]1. The summed E-state index contributed by atoms with van der Waals surface area (Å²) in [6.45, 7) is 1.68. The van der Waals surface area contributed by atoms with Gasteiger partial charge in [-0.15, -0.1) is 0 Å². The van der Waals surface area contributed by atoms with Gasteiger partial charge in [-0.05, 0) is 31.2 Å². The van der Waals surface area contributed by atoms with Crippen molar-refractivity contribution in [3.05, 3.63) is 41.8 Å². The minimum Gasteiger partial charge on any atom is -0.484 e. The van der Waals surface area contributed by atoms with E-state index in [0.29, 0.717) is 11.6 Å². The number of halogens is 1. The number of aryl methyl sites for hydroxylation is 1. The predicted octanol–water partition coefficient (Wildman–Crippen LogP) is 1.87. The zero-order chi connectivity index (χ0) is 13.0. The quantitative estimate of drug-likeness (QED) is 0.869. The molecule has 1 heterocycles. The van der Waals surface area contributed by atoms with Crippen LogP contribution >= 0.6 is 0 Å². The fourth-order valence-electron chi connectivity index (χ4n) is 1.34. The van der Waals surface area contributed by atoms with E-state index in [4.69, 9.17) is 4.74 Å². The molecule has 6 heteroatoms. The molecule has 0 bridgehead atoms. The number of aromatic nitrogens is 2. The summed E-state index contributed by atoms with van der Waals surface area (Å²) in [5.74, 6) is 0.203. The standard InChI is InChI=1S/C12H12FN3O2/c1-8-6-11(16-15-8)14-12(17)7-18-10-4-2-9(13)3-5-10/h2-6H,7H2,1H3,(H2,14,15,16,17). The topological polar surface area (TPSA) is 67.0 Å². The molecule has 0 aliphatic carbocycles. The summed E-state index contributed by atoms with van der Waals surface area (Å²) in [5, 5.41) is 9.13. The average molecular weight is 249 g/mol. The Bertz CT molecular complexity index is 537. The highest BCUT2D eigenvalue weighted by Gasteiger charge is 2.05. The molecule has 0 spiro atoms. The van der Waals surface area contributed by atoms with Crippen LogP contribution in [0.1, 0.15) is 5.69 Å². The highest BCUT2D eigenvalue weighted by molar-refractivity contribution is 5.90. The van der Waals surface area contributed by atoms with Gasteiger partial charge >= 0.3 is 0 Å². The lowest BCUT2D eigenvalue weighted by Crippen LogP contribution is -2.20. The molecule has 94 valence electrons. The first kappa shape index (κ1) is 12.1. The van der Waals surface area contributed by atoms with E-state index in [2.05, 4.69) is 15.5 Å². The van der Waals surface area contributed by atoms with Crippen LogP contribution in [0.4, 0.5) is 10.2 Å². The highest BCUT2D eigenvalue weighted by Crippen LogP contribution is 2.11. The van der Waals surface area contributed by atoms with E-state index < -0.39 is 0 Å². The highest BCUT2D eigenvalue weighted by atomic mass is 19.1. The smallest absolute Gasteiger partial charge is 0.263 e. The molecule has 0 fully saturated rings. The first-order valence-electron chi connectivity index (χ1n) is 5.34. The van der Waals surface area contributed by atoms with Crippen molar-refractivity contribution in [1.29, 1.82) is 0 Å². The minimum atomic E-state index is -0.348. The number of amides is 1. The molecule has 2 N–H and O–H groups in total. The Labute approximate surface area is 103 Å². The Morgan fingerprint density at radius 3 is 2.78 bits per heavy atom. The first-order valence-corrected chi connectivity index (χ1v) is 5.34. The number of nitrogens with zero attached hydrogens (tertiary/aromatic N) is 1. The molecular formula is C12H12FN3O2. The van der Waals surface area contributed by atoms with Crippen molar-refractivity contribution in [2.75, 3.05) is 11.9 Å². The van der Waals surface area contributed by atoms with Crippen LogP contribution in [0.3, 0.4) is 0 Å². The van der Waals surface area contributed by atoms with Gasteiger partial charge in [0.1, 0.15) is 11.6 Å². The van der Waals surface area contributed by atoms with Gasteiger partial charge in [-0.3, -0.25) is 9.89 Å². The Balaban J connectivity index is 1.83. The van der Waals surface area contributed by atoms with Gasteiger partial charge in [-0.25, -0.2) is 4.39 Å². The van der Waals surface area contributed by atoms with Crippen LogP contribution < -0.4 is 10.1 Å². The molecule has 5 nitrogen and oxygen atoms in total. The van der Waals surface area contributed by atoms with Crippen molar-refractivity contribution in [3.63, 3.8) is 0 Å². The van der Waals surface area contributed by atoms with E-state index in [-0.39, 0.29) is 18.3 Å². The number of ether oxygens (including phenoxy) is 1. The Morgan fingerprint density at radius 1 is 1.44 bits per heavy atom. The summed E-state index contributed by atoms with van der Waals surface area (Å²) < 4.78 is 17.8. The Hall–Kier alpha value is -2.37. The summed E-state index contributed by atoms with van der Waals surface area (Å²) in [6, 6.07) is 7.16. The number of nitrogens with one attached hydrogen (secondary N) is 2. The molecule has 0 unspecified atom stereocenters. The van der Waals surface area contributed by atoms with Crippen LogP contribution in [-0.4, -0.2) is 22.7 Å². The van der Waals surface area contributed by atoms with E-state index in [1.807, 2.05) is 6.92 Å². The number of H-pyrrole nitrogens is 1. The summed E-state index contributed by atoms with van der Waals surface area (Å²) in [7, 11) is 0. The van der Waals surface area contributed by atoms with Crippen LogP contribution in [0, 0.1) is 12.7 Å². The zero-order valence-electron chi connectivity index (χ0n) is 9.74. The first-order chi connectivity index (χ1) is 8.63. The number of rotatable bonds is 4. The van der Waals surface area contributed by atoms with Crippen LogP contribution in [0.5, 0.6) is 5.75 Å². The number of carbonyl (C=O) groups excluding carboxylic acids is 1. The lowest BCUT2D eigenvalue weighted by Gasteiger charge is -2.05. The van der Waals surface area contributed by atoms with E-state index in [9.17, 15) is 9.18 Å². The van der Waals surface area contributed by atoms with Crippen LogP contribution in [0.25, 0.3) is 0 Å². The van der Waals surface area contributed by atoms with Gasteiger partial charge in [0.25, 0.3) is 5.91 Å². The number of hydrogen-bond donors (Lipinski definition) is 2.